The van der Waals surface area contributed by atoms with Crippen molar-refractivity contribution in [3.8, 4) is 0 Å². The van der Waals surface area contributed by atoms with Gasteiger partial charge in [-0.15, -0.1) is 0 Å². The molecule has 3 rings (SSSR count). The Morgan fingerprint density at radius 3 is 2.27 bits per heavy atom. The van der Waals surface area contributed by atoms with Crippen LogP contribution >= 0.6 is 23.2 Å². The highest BCUT2D eigenvalue weighted by Gasteiger charge is 2.33. The summed E-state index contributed by atoms with van der Waals surface area (Å²) in [6.07, 6.45) is 5.06. The van der Waals surface area contributed by atoms with Crippen LogP contribution < -0.4 is 9.62 Å². The number of hydrogen-bond acceptors (Lipinski definition) is 4. The van der Waals surface area contributed by atoms with E-state index in [1.807, 2.05) is 0 Å². The third-order valence-electron chi connectivity index (χ3n) is 6.54. The molecule has 1 aliphatic rings. The van der Waals surface area contributed by atoms with Crippen molar-refractivity contribution in [3.05, 3.63) is 64.1 Å². The summed E-state index contributed by atoms with van der Waals surface area (Å²) in [6, 6.07) is 12.5. The van der Waals surface area contributed by atoms with Crippen LogP contribution in [0.3, 0.4) is 0 Å². The lowest BCUT2D eigenvalue weighted by Crippen LogP contribution is -2.53. The number of benzene rings is 2. The zero-order chi connectivity index (χ0) is 27.2. The molecule has 2 aromatic carbocycles. The van der Waals surface area contributed by atoms with Gasteiger partial charge in [0.2, 0.25) is 11.8 Å². The van der Waals surface area contributed by atoms with Crippen LogP contribution in [0.25, 0.3) is 0 Å². The van der Waals surface area contributed by atoms with Crippen molar-refractivity contribution in [1.29, 1.82) is 0 Å². The first-order chi connectivity index (χ1) is 17.5. The monoisotopic (exact) mass is 568 g/mol. The first-order valence-corrected chi connectivity index (χ1v) is 14.4. The van der Waals surface area contributed by atoms with E-state index < -0.39 is 28.7 Å². The van der Waals surface area contributed by atoms with Gasteiger partial charge in [-0.05, 0) is 49.6 Å². The van der Waals surface area contributed by atoms with Gasteiger partial charge in [0.15, 0.2) is 0 Å². The largest absolute Gasteiger partial charge is 0.352 e. The van der Waals surface area contributed by atoms with Gasteiger partial charge in [0.1, 0.15) is 12.6 Å². The lowest BCUT2D eigenvalue weighted by molar-refractivity contribution is -0.139. The van der Waals surface area contributed by atoms with E-state index in [0.717, 1.165) is 40.7 Å². The number of amides is 2. The molecule has 1 atom stereocenters. The minimum absolute atomic E-state index is 0.0126. The lowest BCUT2D eigenvalue weighted by atomic mass is 9.95. The van der Waals surface area contributed by atoms with Crippen molar-refractivity contribution in [1.82, 2.24) is 14.5 Å². The average molecular weight is 570 g/mol. The Kier molecular flexibility index (Phi) is 10.2. The summed E-state index contributed by atoms with van der Waals surface area (Å²) in [5.41, 5.74) is 0.937. The zero-order valence-corrected chi connectivity index (χ0v) is 23.7. The van der Waals surface area contributed by atoms with Gasteiger partial charge in [0, 0.05) is 36.7 Å². The first-order valence-electron chi connectivity index (χ1n) is 12.3. The molecule has 0 saturated heterocycles. The number of halogens is 2. The van der Waals surface area contributed by atoms with Crippen molar-refractivity contribution in [2.45, 2.75) is 57.7 Å². The predicted molar refractivity (Wildman–Crippen MR) is 148 cm³/mol. The van der Waals surface area contributed by atoms with Gasteiger partial charge in [-0.25, -0.2) is 4.31 Å². The molecule has 0 unspecified atom stereocenters. The number of para-hydroxylation sites is 1. The molecule has 0 radical (unpaired) electrons. The second-order valence-corrected chi connectivity index (χ2v) is 12.3. The van der Waals surface area contributed by atoms with E-state index in [2.05, 4.69) is 5.32 Å². The molecule has 8 nitrogen and oxygen atoms in total. The maximum atomic E-state index is 13.8. The third-order valence-corrected chi connectivity index (χ3v) is 8.94. The molecule has 2 amide bonds. The summed E-state index contributed by atoms with van der Waals surface area (Å²) >= 11 is 12.4. The molecular weight excluding hydrogens is 535 g/mol. The zero-order valence-electron chi connectivity index (χ0n) is 21.4. The van der Waals surface area contributed by atoms with Crippen molar-refractivity contribution < 1.29 is 18.0 Å². The summed E-state index contributed by atoms with van der Waals surface area (Å²) < 4.78 is 28.4. The second-order valence-electron chi connectivity index (χ2n) is 9.41. The highest BCUT2D eigenvalue weighted by Crippen LogP contribution is 2.25. The SMILES string of the molecule is C[C@@H](C(=O)NC1CCCCC1)N(Cc1ccc(Cl)cc1Cl)C(=O)CN(c1ccccc1)S(=O)(=O)N(C)C. The smallest absolute Gasteiger partial charge is 0.304 e. The van der Waals surface area contributed by atoms with Gasteiger partial charge < -0.3 is 10.2 Å². The Bertz CT molecular complexity index is 1190. The normalized spacial score (nSPS) is 15.3. The number of hydrogen-bond donors (Lipinski definition) is 1. The summed E-state index contributed by atoms with van der Waals surface area (Å²) in [5, 5.41) is 3.87. The van der Waals surface area contributed by atoms with Crippen molar-refractivity contribution in [2.75, 3.05) is 24.9 Å². The van der Waals surface area contributed by atoms with Gasteiger partial charge in [0.25, 0.3) is 0 Å². The molecule has 1 fully saturated rings. The molecule has 1 saturated carbocycles. The number of nitrogens with one attached hydrogen (secondary N) is 1. The molecule has 0 bridgehead atoms. The molecule has 0 spiro atoms. The quantitative estimate of drug-likeness (QED) is 0.457. The Morgan fingerprint density at radius 1 is 1.03 bits per heavy atom. The van der Waals surface area contributed by atoms with Crippen molar-refractivity contribution in [2.24, 2.45) is 0 Å². The lowest BCUT2D eigenvalue weighted by Gasteiger charge is -2.34. The van der Waals surface area contributed by atoms with Crippen molar-refractivity contribution >= 4 is 50.9 Å². The van der Waals surface area contributed by atoms with E-state index in [9.17, 15) is 18.0 Å². The van der Waals surface area contributed by atoms with Gasteiger partial charge in [-0.1, -0.05) is 66.7 Å². The first kappa shape index (κ1) is 29.2. The van der Waals surface area contributed by atoms with Crippen LogP contribution in [0.2, 0.25) is 10.0 Å². The molecule has 0 aromatic heterocycles. The minimum Gasteiger partial charge on any atom is -0.352 e. The molecule has 11 heteroatoms. The Labute approximate surface area is 229 Å². The van der Waals surface area contributed by atoms with Gasteiger partial charge in [0.05, 0.1) is 5.69 Å². The van der Waals surface area contributed by atoms with Gasteiger partial charge >= 0.3 is 10.2 Å². The Balaban J connectivity index is 1.92. The van der Waals surface area contributed by atoms with Crippen LogP contribution in [0, 0.1) is 0 Å². The maximum Gasteiger partial charge on any atom is 0.304 e. The molecule has 1 N–H and O–H groups in total. The van der Waals surface area contributed by atoms with E-state index in [0.29, 0.717) is 21.3 Å². The standard InChI is InChI=1S/C26H34Cl2N4O4S/c1-19(26(34)29-22-10-6-4-7-11-22)31(17-20-14-15-21(27)16-24(20)28)25(33)18-32(37(35,36)30(2)3)23-12-8-5-9-13-23/h5,8-9,12-16,19,22H,4,6-7,10-11,17-18H2,1-3H3,(H,29,34)/t19-/m0/s1. The number of carbonyl (C=O) groups is 2. The fourth-order valence-electron chi connectivity index (χ4n) is 4.30. The van der Waals surface area contributed by atoms with Crippen LogP contribution in [0.5, 0.6) is 0 Å². The van der Waals surface area contributed by atoms with Gasteiger partial charge in [-0.3, -0.25) is 9.59 Å². The second kappa shape index (κ2) is 13.0. The van der Waals surface area contributed by atoms with Crippen LogP contribution in [0.15, 0.2) is 48.5 Å². The van der Waals surface area contributed by atoms with E-state index in [4.69, 9.17) is 23.2 Å². The summed E-state index contributed by atoms with van der Waals surface area (Å²) in [6.45, 7) is 1.17. The van der Waals surface area contributed by atoms with Crippen LogP contribution in [0.1, 0.15) is 44.6 Å². The fraction of sp³-hybridized carbons (Fsp3) is 0.462. The van der Waals surface area contributed by atoms with E-state index >= 15 is 0 Å². The Hall–Kier alpha value is -2.33. The van der Waals surface area contributed by atoms with Crippen LogP contribution in [0.4, 0.5) is 5.69 Å². The topological polar surface area (TPSA) is 90.0 Å². The van der Waals surface area contributed by atoms with E-state index in [-0.39, 0.29) is 18.5 Å². The molecule has 2 aromatic rings. The average Bonchev–Trinajstić information content (AvgIpc) is 2.87. The summed E-state index contributed by atoms with van der Waals surface area (Å²) in [7, 11) is -1.19. The highest BCUT2D eigenvalue weighted by atomic mass is 35.5. The number of carbonyl (C=O) groups excluding carboxylic acids is 2. The van der Waals surface area contributed by atoms with Crippen LogP contribution in [-0.4, -0.2) is 62.2 Å². The highest BCUT2D eigenvalue weighted by molar-refractivity contribution is 7.90. The summed E-state index contributed by atoms with van der Waals surface area (Å²) in [5.74, 6) is -0.821. The van der Waals surface area contributed by atoms with E-state index in [1.165, 1.54) is 19.0 Å². The third kappa shape index (κ3) is 7.60. The minimum atomic E-state index is -4.00. The number of rotatable bonds is 10. The Morgan fingerprint density at radius 2 is 1.68 bits per heavy atom. The van der Waals surface area contributed by atoms with Gasteiger partial charge in [-0.2, -0.15) is 12.7 Å². The fourth-order valence-corrected chi connectivity index (χ4v) is 5.82. The molecule has 1 aliphatic carbocycles. The predicted octanol–water partition coefficient (Wildman–Crippen LogP) is 4.47. The molecular formula is C26H34Cl2N4O4S. The molecule has 0 aliphatic heterocycles. The number of anilines is 1. The summed E-state index contributed by atoms with van der Waals surface area (Å²) in [4.78, 5) is 28.4. The van der Waals surface area contributed by atoms with Crippen LogP contribution in [-0.2, 0) is 26.3 Å². The molecule has 202 valence electrons. The molecule has 0 heterocycles. The molecule has 37 heavy (non-hydrogen) atoms. The van der Waals surface area contributed by atoms with Crippen molar-refractivity contribution in [3.63, 3.8) is 0 Å². The van der Waals surface area contributed by atoms with E-state index in [1.54, 1.807) is 55.5 Å². The maximum absolute atomic E-state index is 13.8. The number of nitrogens with zero attached hydrogens (tertiary/aromatic N) is 3.